The van der Waals surface area contributed by atoms with Gasteiger partial charge in [-0.15, -0.1) is 0 Å². The molecule has 466 valence electrons. The molecule has 0 rings (SSSR count). The predicted molar refractivity (Wildman–Crippen MR) is 357 cm³/mol. The van der Waals surface area contributed by atoms with Crippen molar-refractivity contribution in [2.75, 3.05) is 13.2 Å². The zero-order valence-electron chi connectivity index (χ0n) is 53.5. The number of allylic oxidation sites excluding steroid dienone is 22. The summed E-state index contributed by atoms with van der Waals surface area (Å²) in [6, 6.07) is 0. The minimum Gasteiger partial charge on any atom is -0.462 e. The van der Waals surface area contributed by atoms with Crippen LogP contribution in [0.1, 0.15) is 310 Å². The molecule has 0 saturated carbocycles. The standard InChI is InChI=1S/C76H126O6/c1-4-7-10-13-16-19-22-25-28-30-31-32-33-34-35-36-37-38-39-40-41-42-43-44-45-46-49-51-54-57-60-63-66-69-75(78)81-72-73(71-80-74(77)68-65-62-59-56-53-50-47-27-24-21-18-15-12-9-6-3)82-76(79)70-67-64-61-58-55-52-48-29-26-23-20-17-14-11-8-5-2/h7,10,16,19-20,23,25,27-29,31-32,34-35,37-38,40-41,43-44,47-48,73H,4-6,8-9,11-15,17-18,21-22,24,26,30,33,36,39,42,45-46,49-72H2,1-3H3/b10-7-,19-16-,23-20-,28-25-,32-31-,35-34-,38-37-,41-40-,44-43-,47-27-,48-29-. The zero-order chi connectivity index (χ0) is 59.2. The summed E-state index contributed by atoms with van der Waals surface area (Å²) in [6.45, 7) is 6.49. The lowest BCUT2D eigenvalue weighted by Crippen LogP contribution is -2.30. The average Bonchev–Trinajstić information content (AvgIpc) is 3.47. The molecule has 0 aromatic heterocycles. The van der Waals surface area contributed by atoms with E-state index in [1.807, 2.05) is 0 Å². The smallest absolute Gasteiger partial charge is 0.306 e. The highest BCUT2D eigenvalue weighted by Gasteiger charge is 2.19. The van der Waals surface area contributed by atoms with E-state index in [9.17, 15) is 14.4 Å². The molecule has 0 amide bonds. The van der Waals surface area contributed by atoms with Gasteiger partial charge in [-0.05, 0) is 141 Å². The molecule has 0 fully saturated rings. The third kappa shape index (κ3) is 66.4. The molecule has 0 aromatic carbocycles. The third-order valence-electron chi connectivity index (χ3n) is 14.4. The molecule has 0 N–H and O–H groups in total. The van der Waals surface area contributed by atoms with Gasteiger partial charge in [-0.2, -0.15) is 0 Å². The molecule has 0 heterocycles. The molecule has 0 bridgehead atoms. The fourth-order valence-electron chi connectivity index (χ4n) is 9.25. The van der Waals surface area contributed by atoms with Crippen molar-refractivity contribution >= 4 is 17.9 Å². The minimum absolute atomic E-state index is 0.0921. The van der Waals surface area contributed by atoms with Gasteiger partial charge in [0.05, 0.1) is 0 Å². The van der Waals surface area contributed by atoms with Gasteiger partial charge in [0.15, 0.2) is 6.10 Å². The highest BCUT2D eigenvalue weighted by atomic mass is 16.6. The topological polar surface area (TPSA) is 78.9 Å². The first kappa shape index (κ1) is 77.5. The summed E-state index contributed by atoms with van der Waals surface area (Å²) in [7, 11) is 0. The van der Waals surface area contributed by atoms with Gasteiger partial charge in [0.1, 0.15) is 13.2 Å². The highest BCUT2D eigenvalue weighted by Crippen LogP contribution is 2.15. The van der Waals surface area contributed by atoms with E-state index in [2.05, 4.69) is 154 Å². The second-order valence-corrected chi connectivity index (χ2v) is 22.3. The van der Waals surface area contributed by atoms with Crippen LogP contribution in [0, 0.1) is 0 Å². The van der Waals surface area contributed by atoms with E-state index in [4.69, 9.17) is 14.2 Å². The first-order valence-electron chi connectivity index (χ1n) is 34.2. The number of hydrogen-bond donors (Lipinski definition) is 0. The van der Waals surface area contributed by atoms with Crippen LogP contribution in [0.3, 0.4) is 0 Å². The fraction of sp³-hybridized carbons (Fsp3) is 0.671. The highest BCUT2D eigenvalue weighted by molar-refractivity contribution is 5.71. The molecule has 82 heavy (non-hydrogen) atoms. The van der Waals surface area contributed by atoms with Crippen molar-refractivity contribution in [1.82, 2.24) is 0 Å². The van der Waals surface area contributed by atoms with Crippen LogP contribution in [-0.4, -0.2) is 37.2 Å². The van der Waals surface area contributed by atoms with Crippen molar-refractivity contribution in [3.05, 3.63) is 134 Å². The maximum Gasteiger partial charge on any atom is 0.306 e. The van der Waals surface area contributed by atoms with Crippen molar-refractivity contribution in [2.24, 2.45) is 0 Å². The molecular formula is C76H126O6. The Bertz CT molecular complexity index is 1730. The molecule has 0 aliphatic rings. The van der Waals surface area contributed by atoms with Crippen LogP contribution >= 0.6 is 0 Å². The second kappa shape index (κ2) is 69.0. The van der Waals surface area contributed by atoms with E-state index < -0.39 is 6.10 Å². The Kier molecular flexibility index (Phi) is 65.3. The largest absolute Gasteiger partial charge is 0.462 e. The van der Waals surface area contributed by atoms with Gasteiger partial charge in [-0.3, -0.25) is 14.4 Å². The second-order valence-electron chi connectivity index (χ2n) is 22.3. The monoisotopic (exact) mass is 1130 g/mol. The summed E-state index contributed by atoms with van der Waals surface area (Å²) in [5, 5.41) is 0. The van der Waals surface area contributed by atoms with Crippen LogP contribution in [0.2, 0.25) is 0 Å². The van der Waals surface area contributed by atoms with Crippen LogP contribution in [0.25, 0.3) is 0 Å². The molecule has 1 unspecified atom stereocenters. The van der Waals surface area contributed by atoms with Gasteiger partial charge >= 0.3 is 17.9 Å². The zero-order valence-corrected chi connectivity index (χ0v) is 53.5. The minimum atomic E-state index is -0.797. The van der Waals surface area contributed by atoms with E-state index in [1.165, 1.54) is 122 Å². The number of unbranched alkanes of at least 4 members (excludes halogenated alkanes) is 28. The van der Waals surface area contributed by atoms with E-state index in [-0.39, 0.29) is 31.1 Å². The summed E-state index contributed by atoms with van der Waals surface area (Å²) in [4.78, 5) is 38.4. The molecule has 0 aromatic rings. The Hall–Kier alpha value is -4.45. The fourth-order valence-corrected chi connectivity index (χ4v) is 9.25. The summed E-state index contributed by atoms with van der Waals surface area (Å²) in [5.74, 6) is -0.916. The Morgan fingerprint density at radius 1 is 0.256 bits per heavy atom. The Morgan fingerprint density at radius 3 is 0.768 bits per heavy atom. The van der Waals surface area contributed by atoms with E-state index in [0.717, 1.165) is 148 Å². The molecule has 6 heteroatoms. The van der Waals surface area contributed by atoms with Crippen molar-refractivity contribution in [3.8, 4) is 0 Å². The lowest BCUT2D eigenvalue weighted by atomic mass is 10.1. The summed E-state index contributed by atoms with van der Waals surface area (Å²) in [6.07, 6.45) is 97.5. The SMILES string of the molecule is CC/C=C\C/C=C\C/C=C\C/C=C\C/C=C\C/C=C\C/C=C\C/C=C\CCCCCCCCCCC(=O)OCC(COC(=O)CCCCCCC/C=C\CCCCCCCC)OC(=O)CCCCCCC/C=C\C/C=C\CCCCCC. The Labute approximate surface area is 506 Å². The Balaban J connectivity index is 4.32. The van der Waals surface area contributed by atoms with Crippen LogP contribution in [-0.2, 0) is 28.6 Å². The van der Waals surface area contributed by atoms with Gasteiger partial charge in [0.2, 0.25) is 0 Å². The van der Waals surface area contributed by atoms with Crippen LogP contribution in [0.4, 0.5) is 0 Å². The number of ether oxygens (including phenoxy) is 3. The predicted octanol–water partition coefficient (Wildman–Crippen LogP) is 23.7. The maximum absolute atomic E-state index is 12.9. The summed E-state index contributed by atoms with van der Waals surface area (Å²) in [5.41, 5.74) is 0. The van der Waals surface area contributed by atoms with Crippen molar-refractivity contribution < 1.29 is 28.6 Å². The first-order chi connectivity index (χ1) is 40.5. The van der Waals surface area contributed by atoms with Crippen molar-refractivity contribution in [2.45, 2.75) is 316 Å². The van der Waals surface area contributed by atoms with Gasteiger partial charge in [0.25, 0.3) is 0 Å². The lowest BCUT2D eigenvalue weighted by molar-refractivity contribution is -0.167. The van der Waals surface area contributed by atoms with Gasteiger partial charge < -0.3 is 14.2 Å². The van der Waals surface area contributed by atoms with Crippen LogP contribution in [0.15, 0.2) is 134 Å². The maximum atomic E-state index is 12.9. The van der Waals surface area contributed by atoms with E-state index in [1.54, 1.807) is 0 Å². The van der Waals surface area contributed by atoms with Gasteiger partial charge in [-0.1, -0.05) is 283 Å². The molecule has 0 radical (unpaired) electrons. The Morgan fingerprint density at radius 2 is 0.476 bits per heavy atom. The third-order valence-corrected chi connectivity index (χ3v) is 14.4. The lowest BCUT2D eigenvalue weighted by Gasteiger charge is -2.18. The molecule has 0 spiro atoms. The average molecular weight is 1140 g/mol. The van der Waals surface area contributed by atoms with Gasteiger partial charge in [-0.25, -0.2) is 0 Å². The molecular weight excluding hydrogens is 1010 g/mol. The molecule has 6 nitrogen and oxygen atoms in total. The van der Waals surface area contributed by atoms with Gasteiger partial charge in [0, 0.05) is 19.3 Å². The van der Waals surface area contributed by atoms with Crippen molar-refractivity contribution in [3.63, 3.8) is 0 Å². The number of carbonyl (C=O) groups is 3. The summed E-state index contributed by atoms with van der Waals surface area (Å²) >= 11 is 0. The molecule has 0 aliphatic carbocycles. The molecule has 1 atom stereocenters. The number of esters is 3. The number of hydrogen-bond acceptors (Lipinski definition) is 6. The molecule has 0 saturated heterocycles. The van der Waals surface area contributed by atoms with Crippen LogP contribution in [0.5, 0.6) is 0 Å². The van der Waals surface area contributed by atoms with E-state index in [0.29, 0.717) is 19.3 Å². The van der Waals surface area contributed by atoms with E-state index >= 15 is 0 Å². The normalized spacial score (nSPS) is 13.0. The first-order valence-corrected chi connectivity index (χ1v) is 34.2. The number of rotatable bonds is 61. The van der Waals surface area contributed by atoms with Crippen LogP contribution < -0.4 is 0 Å². The van der Waals surface area contributed by atoms with Crippen molar-refractivity contribution in [1.29, 1.82) is 0 Å². The summed E-state index contributed by atoms with van der Waals surface area (Å²) < 4.78 is 16.9. The quantitative estimate of drug-likeness (QED) is 0.0261. The number of carbonyl (C=O) groups excluding carboxylic acids is 3. The molecule has 0 aliphatic heterocycles.